The van der Waals surface area contributed by atoms with Crippen LogP contribution in [0.1, 0.15) is 18.7 Å². The molecule has 0 bridgehead atoms. The smallest absolute Gasteiger partial charge is 0.223 e. The summed E-state index contributed by atoms with van der Waals surface area (Å²) in [5, 5.41) is 12.5. The first-order valence-corrected chi connectivity index (χ1v) is 5.19. The summed E-state index contributed by atoms with van der Waals surface area (Å²) in [4.78, 5) is 15.6. The molecular formula is C9H15N5O. The fourth-order valence-electron chi connectivity index (χ4n) is 1.72. The number of amides is 1. The quantitative estimate of drug-likeness (QED) is 0.622. The fourth-order valence-corrected chi connectivity index (χ4v) is 1.72. The van der Waals surface area contributed by atoms with Gasteiger partial charge >= 0.3 is 0 Å². The maximum Gasteiger partial charge on any atom is 0.223 e. The van der Waals surface area contributed by atoms with Crippen molar-refractivity contribution in [2.45, 2.75) is 19.4 Å². The van der Waals surface area contributed by atoms with Crippen molar-refractivity contribution in [1.82, 2.24) is 25.8 Å². The Balaban J connectivity index is 1.76. The van der Waals surface area contributed by atoms with Gasteiger partial charge in [-0.3, -0.25) is 9.89 Å². The summed E-state index contributed by atoms with van der Waals surface area (Å²) in [5.41, 5.74) is 0. The third kappa shape index (κ3) is 2.76. The van der Waals surface area contributed by atoms with Crippen LogP contribution >= 0.6 is 0 Å². The summed E-state index contributed by atoms with van der Waals surface area (Å²) in [6.07, 6.45) is 3.27. The van der Waals surface area contributed by atoms with Gasteiger partial charge in [0, 0.05) is 5.92 Å². The Morgan fingerprint density at radius 1 is 1.53 bits per heavy atom. The summed E-state index contributed by atoms with van der Waals surface area (Å²) >= 11 is 0. The summed E-state index contributed by atoms with van der Waals surface area (Å²) < 4.78 is 0. The third-order valence-corrected chi connectivity index (χ3v) is 2.60. The van der Waals surface area contributed by atoms with Crippen LogP contribution in [0.15, 0.2) is 6.33 Å². The Kier molecular flexibility index (Phi) is 3.29. The van der Waals surface area contributed by atoms with Crippen molar-refractivity contribution < 1.29 is 4.79 Å². The first kappa shape index (κ1) is 10.1. The SMILES string of the molecule is O=C(NCc1ncn[nH]1)C1CCNCC1. The highest BCUT2D eigenvalue weighted by molar-refractivity contribution is 5.78. The lowest BCUT2D eigenvalue weighted by Gasteiger charge is -2.21. The van der Waals surface area contributed by atoms with Crippen LogP contribution in [0.2, 0.25) is 0 Å². The molecule has 0 atom stereocenters. The largest absolute Gasteiger partial charge is 0.349 e. The highest BCUT2D eigenvalue weighted by Gasteiger charge is 2.20. The van der Waals surface area contributed by atoms with E-state index in [0.29, 0.717) is 12.4 Å². The number of carbonyl (C=O) groups is 1. The first-order valence-electron chi connectivity index (χ1n) is 5.19. The minimum Gasteiger partial charge on any atom is -0.349 e. The van der Waals surface area contributed by atoms with Gasteiger partial charge in [0.05, 0.1) is 6.54 Å². The van der Waals surface area contributed by atoms with Crippen molar-refractivity contribution in [2.75, 3.05) is 13.1 Å². The van der Waals surface area contributed by atoms with Crippen LogP contribution in [0.5, 0.6) is 0 Å². The average molecular weight is 209 g/mol. The normalized spacial score (nSPS) is 17.6. The molecule has 0 spiro atoms. The number of aromatic amines is 1. The van der Waals surface area contributed by atoms with E-state index in [-0.39, 0.29) is 11.8 Å². The van der Waals surface area contributed by atoms with Crippen molar-refractivity contribution in [1.29, 1.82) is 0 Å². The van der Waals surface area contributed by atoms with Crippen LogP contribution in [0.4, 0.5) is 0 Å². The number of carbonyl (C=O) groups excluding carboxylic acids is 1. The molecule has 0 saturated carbocycles. The molecule has 15 heavy (non-hydrogen) atoms. The first-order chi connectivity index (χ1) is 7.36. The van der Waals surface area contributed by atoms with Crippen LogP contribution in [-0.2, 0) is 11.3 Å². The highest BCUT2D eigenvalue weighted by Crippen LogP contribution is 2.11. The van der Waals surface area contributed by atoms with Gasteiger partial charge in [-0.25, -0.2) is 4.98 Å². The monoisotopic (exact) mass is 209 g/mol. The maximum atomic E-state index is 11.7. The standard InChI is InChI=1S/C9H15N5O/c15-9(7-1-3-10-4-2-7)11-5-8-12-6-13-14-8/h6-7,10H,1-5H2,(H,11,15)(H,12,13,14). The molecule has 2 rings (SSSR count). The van der Waals surface area contributed by atoms with Crippen molar-refractivity contribution in [3.05, 3.63) is 12.2 Å². The molecule has 1 aromatic rings. The number of nitrogens with one attached hydrogen (secondary N) is 3. The zero-order valence-corrected chi connectivity index (χ0v) is 8.49. The van der Waals surface area contributed by atoms with E-state index >= 15 is 0 Å². The lowest BCUT2D eigenvalue weighted by molar-refractivity contribution is -0.125. The van der Waals surface area contributed by atoms with Crippen molar-refractivity contribution in [3.63, 3.8) is 0 Å². The molecule has 6 nitrogen and oxygen atoms in total. The molecule has 0 radical (unpaired) electrons. The Hall–Kier alpha value is -1.43. The minimum absolute atomic E-state index is 0.118. The van der Waals surface area contributed by atoms with Gasteiger partial charge in [0.15, 0.2) is 0 Å². The van der Waals surface area contributed by atoms with E-state index < -0.39 is 0 Å². The van der Waals surface area contributed by atoms with Gasteiger partial charge in [0.1, 0.15) is 12.2 Å². The summed E-state index contributed by atoms with van der Waals surface area (Å²) in [6, 6.07) is 0. The molecule has 3 N–H and O–H groups in total. The van der Waals surface area contributed by atoms with Crippen LogP contribution < -0.4 is 10.6 Å². The Bertz CT molecular complexity index is 304. The summed E-state index contributed by atoms with van der Waals surface area (Å²) in [7, 11) is 0. The van der Waals surface area contributed by atoms with E-state index in [1.165, 1.54) is 6.33 Å². The maximum absolute atomic E-state index is 11.7. The average Bonchev–Trinajstić information content (AvgIpc) is 2.80. The van der Waals surface area contributed by atoms with Crippen LogP contribution in [-0.4, -0.2) is 34.2 Å². The topological polar surface area (TPSA) is 82.7 Å². The zero-order valence-electron chi connectivity index (χ0n) is 8.49. The summed E-state index contributed by atoms with van der Waals surface area (Å²) in [5.74, 6) is 0.958. The summed E-state index contributed by atoms with van der Waals surface area (Å²) in [6.45, 7) is 2.30. The zero-order chi connectivity index (χ0) is 10.5. The molecule has 0 aromatic carbocycles. The molecule has 0 unspecified atom stereocenters. The van der Waals surface area contributed by atoms with Gasteiger partial charge in [-0.15, -0.1) is 0 Å². The molecule has 2 heterocycles. The number of rotatable bonds is 3. The van der Waals surface area contributed by atoms with Crippen molar-refractivity contribution >= 4 is 5.91 Å². The van der Waals surface area contributed by atoms with Crippen LogP contribution in [0.25, 0.3) is 0 Å². The second-order valence-electron chi connectivity index (χ2n) is 3.67. The van der Waals surface area contributed by atoms with E-state index in [1.807, 2.05) is 0 Å². The Morgan fingerprint density at radius 2 is 2.33 bits per heavy atom. The molecule has 1 aromatic heterocycles. The molecule has 1 saturated heterocycles. The Labute approximate surface area is 87.9 Å². The number of hydrogen-bond acceptors (Lipinski definition) is 4. The van der Waals surface area contributed by atoms with E-state index in [4.69, 9.17) is 0 Å². The van der Waals surface area contributed by atoms with Crippen molar-refractivity contribution in [2.24, 2.45) is 5.92 Å². The number of nitrogens with zero attached hydrogens (tertiary/aromatic N) is 2. The predicted octanol–water partition coefficient (Wildman–Crippen LogP) is -0.580. The second-order valence-corrected chi connectivity index (χ2v) is 3.67. The molecule has 82 valence electrons. The lowest BCUT2D eigenvalue weighted by Crippen LogP contribution is -2.38. The van der Waals surface area contributed by atoms with E-state index in [1.54, 1.807) is 0 Å². The molecule has 1 aliphatic heterocycles. The van der Waals surface area contributed by atoms with Gasteiger partial charge in [0.2, 0.25) is 5.91 Å². The molecule has 1 amide bonds. The van der Waals surface area contributed by atoms with Gasteiger partial charge in [-0.2, -0.15) is 5.10 Å². The molecule has 6 heteroatoms. The van der Waals surface area contributed by atoms with Crippen molar-refractivity contribution in [3.8, 4) is 0 Å². The van der Waals surface area contributed by atoms with Gasteiger partial charge in [-0.1, -0.05) is 0 Å². The van der Waals surface area contributed by atoms with Gasteiger partial charge in [-0.05, 0) is 25.9 Å². The molecular weight excluding hydrogens is 194 g/mol. The minimum atomic E-state index is 0.118. The van der Waals surface area contributed by atoms with E-state index in [2.05, 4.69) is 25.8 Å². The molecule has 0 aliphatic carbocycles. The lowest BCUT2D eigenvalue weighted by atomic mass is 9.97. The number of piperidine rings is 1. The third-order valence-electron chi connectivity index (χ3n) is 2.60. The number of aromatic nitrogens is 3. The molecule has 1 fully saturated rings. The fraction of sp³-hybridized carbons (Fsp3) is 0.667. The predicted molar refractivity (Wildman–Crippen MR) is 53.8 cm³/mol. The van der Waals surface area contributed by atoms with Crippen LogP contribution in [0.3, 0.4) is 0 Å². The Morgan fingerprint density at radius 3 is 3.00 bits per heavy atom. The number of hydrogen-bond donors (Lipinski definition) is 3. The second kappa shape index (κ2) is 4.88. The number of H-pyrrole nitrogens is 1. The van der Waals surface area contributed by atoms with E-state index in [9.17, 15) is 4.79 Å². The van der Waals surface area contributed by atoms with Crippen LogP contribution in [0, 0.1) is 5.92 Å². The molecule has 1 aliphatic rings. The van der Waals surface area contributed by atoms with Gasteiger partial charge < -0.3 is 10.6 Å². The highest BCUT2D eigenvalue weighted by atomic mass is 16.1. The van der Waals surface area contributed by atoms with Gasteiger partial charge in [0.25, 0.3) is 0 Å². The van der Waals surface area contributed by atoms with E-state index in [0.717, 1.165) is 25.9 Å².